The lowest BCUT2D eigenvalue weighted by Gasteiger charge is -2.23. The van der Waals surface area contributed by atoms with Crippen LogP contribution in [0.2, 0.25) is 0 Å². The molecule has 190 valence electrons. The number of benzene rings is 3. The SMILES string of the molecule is CC(C)c1ccc(S(=O)(=O)N(C(=O)c2ccc([N+](=O)[O-])cc2)c2ccc3oc4c(c3c2)CCCC4)cc1. The van der Waals surface area contributed by atoms with Crippen molar-refractivity contribution in [3.8, 4) is 0 Å². The molecule has 0 N–H and O–H groups in total. The van der Waals surface area contributed by atoms with Crippen molar-refractivity contribution < 1.29 is 22.6 Å². The van der Waals surface area contributed by atoms with Gasteiger partial charge in [0.1, 0.15) is 11.3 Å². The molecular weight excluding hydrogens is 492 g/mol. The predicted octanol–water partition coefficient (Wildman–Crippen LogP) is 6.38. The number of nitro benzene ring substituents is 1. The number of non-ortho nitro benzene ring substituents is 1. The van der Waals surface area contributed by atoms with Gasteiger partial charge in [-0.1, -0.05) is 26.0 Å². The predicted molar refractivity (Wildman–Crippen MR) is 140 cm³/mol. The number of rotatable bonds is 6. The van der Waals surface area contributed by atoms with Gasteiger partial charge in [-0.3, -0.25) is 14.9 Å². The Bertz CT molecular complexity index is 1600. The highest BCUT2D eigenvalue weighted by atomic mass is 32.2. The first-order valence-corrected chi connectivity index (χ1v) is 13.6. The van der Waals surface area contributed by atoms with Crippen molar-refractivity contribution in [1.29, 1.82) is 0 Å². The van der Waals surface area contributed by atoms with Gasteiger partial charge in [0.2, 0.25) is 0 Å². The van der Waals surface area contributed by atoms with E-state index in [9.17, 15) is 23.3 Å². The lowest BCUT2D eigenvalue weighted by atomic mass is 9.96. The molecule has 0 spiro atoms. The molecule has 0 radical (unpaired) electrons. The molecule has 37 heavy (non-hydrogen) atoms. The van der Waals surface area contributed by atoms with Crippen LogP contribution in [0.4, 0.5) is 11.4 Å². The summed E-state index contributed by atoms with van der Waals surface area (Å²) in [5.74, 6) is 0.308. The van der Waals surface area contributed by atoms with Crippen LogP contribution in [0.25, 0.3) is 11.0 Å². The number of fused-ring (bicyclic) bond motifs is 3. The maximum atomic E-state index is 13.9. The second-order valence-corrected chi connectivity index (χ2v) is 11.3. The fraction of sp³-hybridized carbons (Fsp3) is 0.250. The van der Waals surface area contributed by atoms with Crippen LogP contribution in [-0.2, 0) is 22.9 Å². The maximum absolute atomic E-state index is 13.9. The molecule has 3 aromatic carbocycles. The van der Waals surface area contributed by atoms with Crippen molar-refractivity contribution in [3.63, 3.8) is 0 Å². The maximum Gasteiger partial charge on any atom is 0.272 e. The van der Waals surface area contributed by atoms with E-state index < -0.39 is 20.9 Å². The van der Waals surface area contributed by atoms with Crippen molar-refractivity contribution >= 4 is 38.3 Å². The van der Waals surface area contributed by atoms with E-state index in [4.69, 9.17) is 4.42 Å². The van der Waals surface area contributed by atoms with E-state index in [1.807, 2.05) is 13.8 Å². The van der Waals surface area contributed by atoms with Gasteiger partial charge < -0.3 is 4.42 Å². The largest absolute Gasteiger partial charge is 0.461 e. The molecule has 1 aliphatic carbocycles. The molecule has 0 bridgehead atoms. The molecule has 0 saturated carbocycles. The van der Waals surface area contributed by atoms with E-state index in [0.717, 1.165) is 52.3 Å². The Morgan fingerprint density at radius 1 is 0.973 bits per heavy atom. The van der Waals surface area contributed by atoms with Gasteiger partial charge in [0, 0.05) is 35.1 Å². The highest BCUT2D eigenvalue weighted by Gasteiger charge is 2.33. The summed E-state index contributed by atoms with van der Waals surface area (Å²) in [5.41, 5.74) is 2.67. The second-order valence-electron chi connectivity index (χ2n) is 9.49. The quantitative estimate of drug-likeness (QED) is 0.216. The number of aryl methyl sites for hydroxylation is 2. The van der Waals surface area contributed by atoms with E-state index in [0.29, 0.717) is 5.58 Å². The zero-order valence-corrected chi connectivity index (χ0v) is 21.3. The summed E-state index contributed by atoms with van der Waals surface area (Å²) >= 11 is 0. The molecule has 8 nitrogen and oxygen atoms in total. The van der Waals surface area contributed by atoms with Crippen LogP contribution in [0, 0.1) is 10.1 Å². The lowest BCUT2D eigenvalue weighted by molar-refractivity contribution is -0.384. The molecule has 5 rings (SSSR count). The average molecular weight is 519 g/mol. The summed E-state index contributed by atoms with van der Waals surface area (Å²) in [6.07, 6.45) is 3.69. The molecule has 0 atom stereocenters. The normalized spacial score (nSPS) is 13.5. The first kappa shape index (κ1) is 24.7. The van der Waals surface area contributed by atoms with E-state index >= 15 is 0 Å². The molecule has 1 aliphatic rings. The summed E-state index contributed by atoms with van der Waals surface area (Å²) < 4.78 is 34.7. The molecular formula is C28H26N2O6S. The average Bonchev–Trinajstić information content (AvgIpc) is 3.27. The number of amides is 1. The van der Waals surface area contributed by atoms with Crippen molar-refractivity contribution in [3.05, 3.63) is 99.3 Å². The Morgan fingerprint density at radius 2 is 1.65 bits per heavy atom. The molecule has 9 heteroatoms. The van der Waals surface area contributed by atoms with Gasteiger partial charge in [0.05, 0.1) is 15.5 Å². The number of hydrogen-bond acceptors (Lipinski definition) is 6. The van der Waals surface area contributed by atoms with Crippen LogP contribution in [0.3, 0.4) is 0 Å². The van der Waals surface area contributed by atoms with Gasteiger partial charge >= 0.3 is 0 Å². The molecule has 0 unspecified atom stereocenters. The lowest BCUT2D eigenvalue weighted by Crippen LogP contribution is -2.37. The van der Waals surface area contributed by atoms with Crippen LogP contribution in [0.5, 0.6) is 0 Å². The number of sulfonamides is 1. The van der Waals surface area contributed by atoms with Crippen molar-refractivity contribution in [2.24, 2.45) is 0 Å². The standard InChI is InChI=1S/C28H26N2O6S/c1-18(2)19-9-14-23(15-10-19)37(34,35)29(28(31)20-7-11-21(12-8-20)30(32)33)22-13-16-27-25(17-22)24-5-3-4-6-26(24)36-27/h7-18H,3-6H2,1-2H3. The number of anilines is 1. The number of carbonyl (C=O) groups excluding carboxylic acids is 1. The first-order chi connectivity index (χ1) is 17.7. The molecule has 1 aromatic heterocycles. The zero-order chi connectivity index (χ0) is 26.3. The highest BCUT2D eigenvalue weighted by molar-refractivity contribution is 7.93. The smallest absolute Gasteiger partial charge is 0.272 e. The monoisotopic (exact) mass is 518 g/mol. The van der Waals surface area contributed by atoms with Gasteiger partial charge in [-0.05, 0) is 73.2 Å². The summed E-state index contributed by atoms with van der Waals surface area (Å²) in [4.78, 5) is 24.2. The molecule has 4 aromatic rings. The number of carbonyl (C=O) groups is 1. The summed E-state index contributed by atoms with van der Waals surface area (Å²) in [6.45, 7) is 4.02. The number of hydrogen-bond donors (Lipinski definition) is 0. The molecule has 0 saturated heterocycles. The third kappa shape index (κ3) is 4.51. The number of nitro groups is 1. The van der Waals surface area contributed by atoms with Gasteiger partial charge in [0.25, 0.3) is 21.6 Å². The Kier molecular flexibility index (Phi) is 6.33. The van der Waals surface area contributed by atoms with Crippen LogP contribution in [0.1, 0.15) is 59.9 Å². The molecule has 0 fully saturated rings. The Morgan fingerprint density at radius 3 is 2.30 bits per heavy atom. The minimum atomic E-state index is -4.32. The minimum Gasteiger partial charge on any atom is -0.461 e. The second kappa shape index (κ2) is 9.48. The van der Waals surface area contributed by atoms with Crippen LogP contribution >= 0.6 is 0 Å². The van der Waals surface area contributed by atoms with E-state index in [1.54, 1.807) is 30.3 Å². The molecule has 1 heterocycles. The molecule has 0 aliphatic heterocycles. The zero-order valence-electron chi connectivity index (χ0n) is 20.5. The third-order valence-electron chi connectivity index (χ3n) is 6.77. The number of furan rings is 1. The summed E-state index contributed by atoms with van der Waals surface area (Å²) in [6, 6.07) is 16.3. The first-order valence-electron chi connectivity index (χ1n) is 12.1. The van der Waals surface area contributed by atoms with Gasteiger partial charge in [0.15, 0.2) is 0 Å². The number of nitrogens with zero attached hydrogens (tertiary/aromatic N) is 2. The minimum absolute atomic E-state index is 0.0160. The van der Waals surface area contributed by atoms with E-state index in [-0.39, 0.29) is 27.8 Å². The molecule has 1 amide bonds. The highest BCUT2D eigenvalue weighted by Crippen LogP contribution is 2.36. The van der Waals surface area contributed by atoms with E-state index in [1.165, 1.54) is 36.4 Å². The Labute approximate surface area is 214 Å². The van der Waals surface area contributed by atoms with E-state index in [2.05, 4.69) is 0 Å². The van der Waals surface area contributed by atoms with Crippen molar-refractivity contribution in [2.75, 3.05) is 4.31 Å². The summed E-state index contributed by atoms with van der Waals surface area (Å²) in [7, 11) is -4.32. The fourth-order valence-corrected chi connectivity index (χ4v) is 6.12. The fourth-order valence-electron chi connectivity index (χ4n) is 4.72. The topological polar surface area (TPSA) is 111 Å². The van der Waals surface area contributed by atoms with Crippen LogP contribution < -0.4 is 4.31 Å². The van der Waals surface area contributed by atoms with Crippen molar-refractivity contribution in [2.45, 2.75) is 50.3 Å². The summed E-state index contributed by atoms with van der Waals surface area (Å²) in [5, 5.41) is 11.9. The van der Waals surface area contributed by atoms with Gasteiger partial charge in [-0.25, -0.2) is 8.42 Å². The van der Waals surface area contributed by atoms with Gasteiger partial charge in [-0.15, -0.1) is 0 Å². The Hall–Kier alpha value is -3.98. The van der Waals surface area contributed by atoms with Crippen LogP contribution in [-0.4, -0.2) is 19.2 Å². The third-order valence-corrected chi connectivity index (χ3v) is 8.49. The Balaban J connectivity index is 1.65. The van der Waals surface area contributed by atoms with Crippen LogP contribution in [0.15, 0.2) is 76.0 Å². The van der Waals surface area contributed by atoms with Crippen molar-refractivity contribution in [1.82, 2.24) is 0 Å². The van der Waals surface area contributed by atoms with Gasteiger partial charge in [-0.2, -0.15) is 4.31 Å².